The van der Waals surface area contributed by atoms with E-state index in [1.165, 1.54) is 64.6 Å². The molecule has 4 heteroatoms. The van der Waals surface area contributed by atoms with Crippen LogP contribution in [0.25, 0.3) is 87.0 Å². The Labute approximate surface area is 346 Å². The Kier molecular flexibility index (Phi) is 7.75. The third-order valence-corrected chi connectivity index (χ3v) is 13.4. The Morgan fingerprint density at radius 3 is 2.00 bits per heavy atom. The molecule has 1 unspecified atom stereocenters. The van der Waals surface area contributed by atoms with E-state index in [0.717, 1.165) is 51.1 Å². The maximum atomic E-state index is 7.26. The van der Waals surface area contributed by atoms with Crippen LogP contribution in [-0.2, 0) is 6.42 Å². The van der Waals surface area contributed by atoms with Gasteiger partial charge in [-0.25, -0.2) is 0 Å². The molecule has 3 aromatic heterocycles. The van der Waals surface area contributed by atoms with Crippen molar-refractivity contribution in [3.8, 4) is 27.9 Å². The molecule has 12 rings (SSSR count). The lowest BCUT2D eigenvalue weighted by Crippen LogP contribution is -2.10. The predicted molar refractivity (Wildman–Crippen MR) is 251 cm³/mol. The number of para-hydroxylation sites is 2. The van der Waals surface area contributed by atoms with Gasteiger partial charge in [-0.15, -0.1) is 11.3 Å². The number of aromatic nitrogens is 1. The number of hydrogen-bond donors (Lipinski definition) is 0. The van der Waals surface area contributed by atoms with Crippen LogP contribution in [0.15, 0.2) is 192 Å². The molecule has 59 heavy (non-hydrogen) atoms. The van der Waals surface area contributed by atoms with E-state index in [-0.39, 0.29) is 0 Å². The number of thiophene rings is 1. The fourth-order valence-corrected chi connectivity index (χ4v) is 10.6. The molecule has 0 saturated heterocycles. The maximum Gasteiger partial charge on any atom is 0.159 e. The molecule has 1 aliphatic rings. The molecular formula is C55H38N2OS. The van der Waals surface area contributed by atoms with Gasteiger partial charge in [0, 0.05) is 59.1 Å². The average Bonchev–Trinajstić information content (AvgIpc) is 3.97. The van der Waals surface area contributed by atoms with Crippen LogP contribution in [0.5, 0.6) is 0 Å². The maximum absolute atomic E-state index is 7.26. The Morgan fingerprint density at radius 1 is 0.559 bits per heavy atom. The van der Waals surface area contributed by atoms with Gasteiger partial charge in [0.1, 0.15) is 5.58 Å². The number of allylic oxidation sites excluding steroid dienone is 1. The number of nitrogens with zero attached hydrogens (tertiary/aromatic N) is 2. The van der Waals surface area contributed by atoms with Gasteiger partial charge in [0.25, 0.3) is 0 Å². The minimum absolute atomic E-state index is 0.440. The highest BCUT2D eigenvalue weighted by atomic mass is 32.1. The molecule has 0 amide bonds. The van der Waals surface area contributed by atoms with Crippen molar-refractivity contribution in [2.75, 3.05) is 4.90 Å². The number of furan rings is 1. The molecule has 0 radical (unpaired) electrons. The van der Waals surface area contributed by atoms with Gasteiger partial charge in [0.05, 0.1) is 11.2 Å². The summed E-state index contributed by atoms with van der Waals surface area (Å²) in [7, 11) is 0. The normalized spacial score (nSPS) is 13.9. The van der Waals surface area contributed by atoms with E-state index in [4.69, 9.17) is 4.42 Å². The average molecular weight is 775 g/mol. The monoisotopic (exact) mass is 774 g/mol. The molecule has 0 saturated carbocycles. The number of fused-ring (bicyclic) bond motifs is 10. The predicted octanol–water partition coefficient (Wildman–Crippen LogP) is 15.9. The van der Waals surface area contributed by atoms with E-state index < -0.39 is 0 Å². The van der Waals surface area contributed by atoms with Crippen molar-refractivity contribution in [1.29, 1.82) is 0 Å². The molecule has 1 atom stereocenters. The number of rotatable bonds is 6. The second-order valence-corrected chi connectivity index (χ2v) is 16.8. The topological polar surface area (TPSA) is 21.3 Å². The summed E-state index contributed by atoms with van der Waals surface area (Å²) >= 11 is 1.87. The van der Waals surface area contributed by atoms with Crippen LogP contribution in [-0.4, -0.2) is 4.57 Å². The smallest absolute Gasteiger partial charge is 0.159 e. The molecule has 0 aliphatic heterocycles. The second-order valence-electron chi connectivity index (χ2n) is 15.7. The fraction of sp³-hybridized carbons (Fsp3) is 0.0545. The quantitative estimate of drug-likeness (QED) is 0.168. The van der Waals surface area contributed by atoms with Gasteiger partial charge < -0.3 is 13.9 Å². The van der Waals surface area contributed by atoms with Gasteiger partial charge in [-0.1, -0.05) is 134 Å². The van der Waals surface area contributed by atoms with Crippen molar-refractivity contribution in [3.63, 3.8) is 0 Å². The van der Waals surface area contributed by atoms with E-state index in [1.54, 1.807) is 0 Å². The first-order valence-electron chi connectivity index (χ1n) is 20.4. The molecule has 280 valence electrons. The Morgan fingerprint density at radius 2 is 1.20 bits per heavy atom. The van der Waals surface area contributed by atoms with E-state index in [2.05, 4.69) is 211 Å². The molecule has 1 aliphatic carbocycles. The highest BCUT2D eigenvalue weighted by Crippen LogP contribution is 2.47. The summed E-state index contributed by atoms with van der Waals surface area (Å²) in [5.41, 5.74) is 14.7. The van der Waals surface area contributed by atoms with Crippen LogP contribution < -0.4 is 4.90 Å². The van der Waals surface area contributed by atoms with Crippen molar-refractivity contribution in [1.82, 2.24) is 4.57 Å². The third-order valence-electron chi connectivity index (χ3n) is 12.2. The molecule has 0 fully saturated rings. The zero-order chi connectivity index (χ0) is 39.0. The summed E-state index contributed by atoms with van der Waals surface area (Å²) in [6, 6.07) is 65.8. The van der Waals surface area contributed by atoms with Crippen molar-refractivity contribution >= 4 is 87.5 Å². The summed E-state index contributed by atoms with van der Waals surface area (Å²) < 4.78 is 12.3. The number of hydrogen-bond acceptors (Lipinski definition) is 3. The van der Waals surface area contributed by atoms with E-state index in [9.17, 15) is 0 Å². The zero-order valence-corrected chi connectivity index (χ0v) is 33.3. The standard InChI is InChI=1S/C55H38N2OS/c1-35-22-32-48-47(34-35)52-49(57(48)39-14-6-3-7-15-39)33-31-45-44-18-11-20-50(53(44)58-54(45)52)56(40-27-23-37(24-28-40)36-12-4-2-5-13-36)41-29-25-38(26-30-41)42-17-10-19-46-43-16-8-9-21-51(43)59-55(42)46/h2-33,35H,34H2,1H3. The lowest BCUT2D eigenvalue weighted by Gasteiger charge is -2.26. The Hall–Kier alpha value is -7.14. The van der Waals surface area contributed by atoms with Crippen LogP contribution in [0.4, 0.5) is 17.1 Å². The lowest BCUT2D eigenvalue weighted by molar-refractivity contribution is 0.671. The Bertz CT molecular complexity index is 3410. The van der Waals surface area contributed by atoms with Crippen LogP contribution in [0.2, 0.25) is 0 Å². The molecule has 3 nitrogen and oxygen atoms in total. The van der Waals surface area contributed by atoms with Gasteiger partial charge in [-0.3, -0.25) is 0 Å². The van der Waals surface area contributed by atoms with Gasteiger partial charge >= 0.3 is 0 Å². The number of anilines is 3. The summed E-state index contributed by atoms with van der Waals surface area (Å²) in [6.07, 6.45) is 5.61. The molecule has 0 spiro atoms. The van der Waals surface area contributed by atoms with Crippen LogP contribution in [0.1, 0.15) is 18.2 Å². The largest absolute Gasteiger partial charge is 0.453 e. The van der Waals surface area contributed by atoms with Crippen LogP contribution >= 0.6 is 11.3 Å². The minimum atomic E-state index is 0.440. The van der Waals surface area contributed by atoms with Crippen LogP contribution in [0, 0.1) is 5.92 Å². The molecule has 3 heterocycles. The first-order chi connectivity index (χ1) is 29.2. The third kappa shape index (κ3) is 5.41. The molecule has 8 aromatic carbocycles. The summed E-state index contributed by atoms with van der Waals surface area (Å²) in [6.45, 7) is 2.30. The van der Waals surface area contributed by atoms with Crippen molar-refractivity contribution in [3.05, 3.63) is 199 Å². The molecule has 0 bridgehead atoms. The Balaban J connectivity index is 1.05. The van der Waals surface area contributed by atoms with Crippen molar-refractivity contribution < 1.29 is 4.42 Å². The summed E-state index contributed by atoms with van der Waals surface area (Å²) in [5.74, 6) is 0.440. The van der Waals surface area contributed by atoms with Gasteiger partial charge in [-0.05, 0) is 107 Å². The first kappa shape index (κ1) is 33.9. The summed E-state index contributed by atoms with van der Waals surface area (Å²) in [4.78, 5) is 2.36. The minimum Gasteiger partial charge on any atom is -0.453 e. The van der Waals surface area contributed by atoms with Gasteiger partial charge in [-0.2, -0.15) is 0 Å². The highest BCUT2D eigenvalue weighted by Gasteiger charge is 2.26. The van der Waals surface area contributed by atoms with Gasteiger partial charge in [0.2, 0.25) is 0 Å². The fourth-order valence-electron chi connectivity index (χ4n) is 9.39. The van der Waals surface area contributed by atoms with Crippen LogP contribution in [0.3, 0.4) is 0 Å². The lowest BCUT2D eigenvalue weighted by atomic mass is 9.92. The molecule has 0 N–H and O–H groups in total. The highest BCUT2D eigenvalue weighted by molar-refractivity contribution is 7.26. The zero-order valence-electron chi connectivity index (χ0n) is 32.5. The van der Waals surface area contributed by atoms with E-state index in [1.807, 2.05) is 11.3 Å². The van der Waals surface area contributed by atoms with Crippen molar-refractivity contribution in [2.24, 2.45) is 5.92 Å². The number of benzene rings is 8. The van der Waals surface area contributed by atoms with Crippen molar-refractivity contribution in [2.45, 2.75) is 13.3 Å². The van der Waals surface area contributed by atoms with Gasteiger partial charge in [0.15, 0.2) is 5.58 Å². The van der Waals surface area contributed by atoms with E-state index in [0.29, 0.717) is 5.92 Å². The first-order valence-corrected chi connectivity index (χ1v) is 21.2. The second kappa shape index (κ2) is 13.5. The SMILES string of the molecule is CC1C=Cc2c(c3c4oc5c(N(c6ccc(-c7ccccc7)cc6)c6ccc(-c7cccc8c7sc7ccccc78)cc6)cccc5c4ccc3n2-c2ccccc2)C1. The van der Waals surface area contributed by atoms with E-state index >= 15 is 0 Å². The molecular weight excluding hydrogens is 737 g/mol. The summed E-state index contributed by atoms with van der Waals surface area (Å²) in [5, 5.41) is 6.08. The molecule has 11 aromatic rings.